The molecule has 1 unspecified atom stereocenters. The molecule has 0 aromatic heterocycles. The molecule has 0 radical (unpaired) electrons. The lowest BCUT2D eigenvalue weighted by molar-refractivity contribution is -0.132. The van der Waals surface area contributed by atoms with Gasteiger partial charge in [0.2, 0.25) is 5.91 Å². The Bertz CT molecular complexity index is 685. The molecule has 3 rings (SSSR count). The van der Waals surface area contributed by atoms with Crippen molar-refractivity contribution in [2.75, 3.05) is 20.2 Å². The van der Waals surface area contributed by atoms with Gasteiger partial charge in [-0.3, -0.25) is 4.79 Å². The smallest absolute Gasteiger partial charge is 0.223 e. The molecule has 0 saturated carbocycles. The van der Waals surface area contributed by atoms with Gasteiger partial charge >= 0.3 is 0 Å². The third kappa shape index (κ3) is 6.56. The van der Waals surface area contributed by atoms with Gasteiger partial charge in [-0.25, -0.2) is 0 Å². The average molecular weight is 389 g/mol. The number of rotatable bonds is 8. The zero-order valence-electron chi connectivity index (χ0n) is 15.9. The summed E-state index contributed by atoms with van der Waals surface area (Å²) >= 11 is 0. The van der Waals surface area contributed by atoms with Crippen LogP contribution in [0.5, 0.6) is 5.75 Å². The van der Waals surface area contributed by atoms with Gasteiger partial charge in [0, 0.05) is 19.5 Å². The predicted molar refractivity (Wildman–Crippen MR) is 111 cm³/mol. The molecule has 0 bridgehead atoms. The monoisotopic (exact) mass is 388 g/mol. The molecule has 0 spiro atoms. The molecule has 1 saturated heterocycles. The van der Waals surface area contributed by atoms with Crippen molar-refractivity contribution in [1.29, 1.82) is 0 Å². The first-order valence-corrected chi connectivity index (χ1v) is 9.40. The maximum absolute atomic E-state index is 12.9. The van der Waals surface area contributed by atoms with Gasteiger partial charge in [0.05, 0.1) is 7.11 Å². The molecule has 1 heterocycles. The molecule has 27 heavy (non-hydrogen) atoms. The summed E-state index contributed by atoms with van der Waals surface area (Å²) in [6.07, 6.45) is 2.78. The number of hydrogen-bond donors (Lipinski definition) is 1. The summed E-state index contributed by atoms with van der Waals surface area (Å²) in [6, 6.07) is 18.2. The molecule has 146 valence electrons. The quantitative estimate of drug-likeness (QED) is 0.742. The summed E-state index contributed by atoms with van der Waals surface area (Å²) in [4.78, 5) is 14.9. The van der Waals surface area contributed by atoms with E-state index in [0.717, 1.165) is 36.4 Å². The van der Waals surface area contributed by atoms with Crippen LogP contribution in [0.4, 0.5) is 0 Å². The standard InChI is InChI=1S/C22H28N2O2.ClH/c1-26-21-10-7-20(8-11-21)17-24(16-19-5-3-2-4-6-19)22(25)12-9-18-13-14-23-15-18;/h2-8,10-11,18,23H,9,12-17H2,1H3;1H. The number of carbonyl (C=O) groups is 1. The van der Waals surface area contributed by atoms with Gasteiger partial charge in [-0.1, -0.05) is 42.5 Å². The van der Waals surface area contributed by atoms with Crippen molar-refractivity contribution in [1.82, 2.24) is 10.2 Å². The Labute approximate surface area is 168 Å². The van der Waals surface area contributed by atoms with Gasteiger partial charge in [0.15, 0.2) is 0 Å². The number of halogens is 1. The Morgan fingerprint density at radius 3 is 2.33 bits per heavy atom. The van der Waals surface area contributed by atoms with E-state index in [1.54, 1.807) is 7.11 Å². The molecule has 1 aliphatic rings. The van der Waals surface area contributed by atoms with Gasteiger partial charge in [0.25, 0.3) is 0 Å². The number of nitrogens with zero attached hydrogens (tertiary/aromatic N) is 1. The van der Waals surface area contributed by atoms with E-state index in [-0.39, 0.29) is 18.3 Å². The van der Waals surface area contributed by atoms with Crippen LogP contribution < -0.4 is 10.1 Å². The van der Waals surface area contributed by atoms with Crippen LogP contribution >= 0.6 is 12.4 Å². The average Bonchev–Trinajstić information content (AvgIpc) is 3.20. The van der Waals surface area contributed by atoms with Gasteiger partial charge in [-0.2, -0.15) is 0 Å². The Morgan fingerprint density at radius 1 is 1.07 bits per heavy atom. The molecule has 5 heteroatoms. The van der Waals surface area contributed by atoms with Crippen LogP contribution in [0.25, 0.3) is 0 Å². The highest BCUT2D eigenvalue weighted by molar-refractivity contribution is 5.85. The van der Waals surface area contributed by atoms with Gasteiger partial charge in [-0.15, -0.1) is 12.4 Å². The van der Waals surface area contributed by atoms with Crippen molar-refractivity contribution in [2.24, 2.45) is 5.92 Å². The molecule has 2 aromatic carbocycles. The van der Waals surface area contributed by atoms with Crippen LogP contribution in [-0.2, 0) is 17.9 Å². The molecule has 4 nitrogen and oxygen atoms in total. The maximum atomic E-state index is 12.9. The number of hydrogen-bond acceptors (Lipinski definition) is 3. The first-order valence-electron chi connectivity index (χ1n) is 9.40. The molecule has 1 atom stereocenters. The number of carbonyl (C=O) groups excluding carboxylic acids is 1. The van der Waals surface area contributed by atoms with Crippen molar-refractivity contribution in [3.63, 3.8) is 0 Å². The van der Waals surface area contributed by atoms with Crippen LogP contribution in [0.1, 0.15) is 30.4 Å². The summed E-state index contributed by atoms with van der Waals surface area (Å²) in [5.74, 6) is 1.71. The third-order valence-corrected chi connectivity index (χ3v) is 5.03. The molecular formula is C22H29ClN2O2. The van der Waals surface area contributed by atoms with Crippen LogP contribution in [0.3, 0.4) is 0 Å². The first-order chi connectivity index (χ1) is 12.7. The number of methoxy groups -OCH3 is 1. The highest BCUT2D eigenvalue weighted by Gasteiger charge is 2.19. The normalized spacial score (nSPS) is 15.8. The molecule has 1 fully saturated rings. The van der Waals surface area contributed by atoms with E-state index in [1.165, 1.54) is 6.42 Å². The minimum atomic E-state index is 0. The second kappa shape index (κ2) is 11.0. The Kier molecular flexibility index (Phi) is 8.62. The Morgan fingerprint density at radius 2 is 1.74 bits per heavy atom. The summed E-state index contributed by atoms with van der Waals surface area (Å²) in [5.41, 5.74) is 2.29. The fourth-order valence-electron chi connectivity index (χ4n) is 3.43. The van der Waals surface area contributed by atoms with Crippen LogP contribution in [-0.4, -0.2) is 31.0 Å². The molecule has 1 amide bonds. The fourth-order valence-corrected chi connectivity index (χ4v) is 3.43. The molecule has 2 aromatic rings. The molecular weight excluding hydrogens is 360 g/mol. The lowest BCUT2D eigenvalue weighted by Crippen LogP contribution is -2.30. The summed E-state index contributed by atoms with van der Waals surface area (Å²) in [7, 11) is 1.66. The largest absolute Gasteiger partial charge is 0.497 e. The van der Waals surface area contributed by atoms with Crippen LogP contribution in [0, 0.1) is 5.92 Å². The van der Waals surface area contributed by atoms with Crippen molar-refractivity contribution >= 4 is 18.3 Å². The van der Waals surface area contributed by atoms with E-state index in [4.69, 9.17) is 4.74 Å². The highest BCUT2D eigenvalue weighted by atomic mass is 35.5. The highest BCUT2D eigenvalue weighted by Crippen LogP contribution is 2.19. The van der Waals surface area contributed by atoms with Crippen molar-refractivity contribution in [3.05, 3.63) is 65.7 Å². The number of benzene rings is 2. The maximum Gasteiger partial charge on any atom is 0.223 e. The zero-order valence-corrected chi connectivity index (χ0v) is 16.7. The van der Waals surface area contributed by atoms with Gasteiger partial charge in [-0.05, 0) is 55.1 Å². The van der Waals surface area contributed by atoms with Gasteiger partial charge in [0.1, 0.15) is 5.75 Å². The predicted octanol–water partition coefficient (Wildman–Crippen LogP) is 4.04. The van der Waals surface area contributed by atoms with Crippen LogP contribution in [0.2, 0.25) is 0 Å². The Hall–Kier alpha value is -2.04. The second-order valence-corrected chi connectivity index (χ2v) is 6.98. The number of nitrogens with one attached hydrogen (secondary N) is 1. The zero-order chi connectivity index (χ0) is 18.2. The fraction of sp³-hybridized carbons (Fsp3) is 0.409. The number of amides is 1. The minimum Gasteiger partial charge on any atom is -0.497 e. The van der Waals surface area contributed by atoms with E-state index < -0.39 is 0 Å². The number of ether oxygens (including phenoxy) is 1. The van der Waals surface area contributed by atoms with Crippen LogP contribution in [0.15, 0.2) is 54.6 Å². The van der Waals surface area contributed by atoms with E-state index in [1.807, 2.05) is 47.4 Å². The topological polar surface area (TPSA) is 41.6 Å². The Balaban J connectivity index is 0.00000261. The summed E-state index contributed by atoms with van der Waals surface area (Å²) in [6.45, 7) is 3.40. The summed E-state index contributed by atoms with van der Waals surface area (Å²) < 4.78 is 5.23. The summed E-state index contributed by atoms with van der Waals surface area (Å²) in [5, 5.41) is 3.38. The van der Waals surface area contributed by atoms with E-state index in [2.05, 4.69) is 17.4 Å². The van der Waals surface area contributed by atoms with Crippen molar-refractivity contribution in [2.45, 2.75) is 32.4 Å². The SMILES string of the molecule is COc1ccc(CN(Cc2ccccc2)C(=O)CCC2CCNC2)cc1.Cl. The molecule has 1 N–H and O–H groups in total. The van der Waals surface area contributed by atoms with E-state index in [0.29, 0.717) is 25.4 Å². The first kappa shape index (κ1) is 21.3. The van der Waals surface area contributed by atoms with E-state index in [9.17, 15) is 4.79 Å². The van der Waals surface area contributed by atoms with Gasteiger partial charge < -0.3 is 15.0 Å². The second-order valence-electron chi connectivity index (χ2n) is 6.98. The third-order valence-electron chi connectivity index (χ3n) is 5.03. The van der Waals surface area contributed by atoms with Crippen molar-refractivity contribution < 1.29 is 9.53 Å². The minimum absolute atomic E-state index is 0. The molecule has 1 aliphatic heterocycles. The van der Waals surface area contributed by atoms with Crippen molar-refractivity contribution in [3.8, 4) is 5.75 Å². The van der Waals surface area contributed by atoms with E-state index >= 15 is 0 Å². The lowest BCUT2D eigenvalue weighted by Gasteiger charge is -2.24. The molecule has 0 aliphatic carbocycles. The lowest BCUT2D eigenvalue weighted by atomic mass is 10.0.